The summed E-state index contributed by atoms with van der Waals surface area (Å²) < 4.78 is 5.46. The average Bonchev–Trinajstić information content (AvgIpc) is 2.50. The fourth-order valence-corrected chi connectivity index (χ4v) is 3.37. The van der Waals surface area contributed by atoms with Crippen molar-refractivity contribution in [2.75, 3.05) is 38.2 Å². The number of hydrogen-bond donors (Lipinski definition) is 1. The zero-order valence-corrected chi connectivity index (χ0v) is 12.1. The van der Waals surface area contributed by atoms with Crippen LogP contribution >= 0.6 is 0 Å². The second kappa shape index (κ2) is 6.50. The quantitative estimate of drug-likeness (QED) is 0.910. The van der Waals surface area contributed by atoms with Gasteiger partial charge in [-0.15, -0.1) is 0 Å². The van der Waals surface area contributed by atoms with Crippen LogP contribution in [-0.2, 0) is 4.74 Å². The van der Waals surface area contributed by atoms with Gasteiger partial charge in [-0.25, -0.2) is 4.98 Å². The van der Waals surface area contributed by atoms with Crippen molar-refractivity contribution in [1.82, 2.24) is 14.9 Å². The highest BCUT2D eigenvalue weighted by atomic mass is 16.5. The number of nitrogens with one attached hydrogen (secondary N) is 1. The number of aromatic nitrogens is 2. The molecule has 2 heterocycles. The standard InChI is InChI=1S/C15H24N4O/c1-2-4-15(5-3-1,13-19-8-10-20-11-9-19)18-14-12-16-6-7-17-14/h6-7,12H,1-5,8-11,13H2,(H,17,18). The van der Waals surface area contributed by atoms with Crippen molar-refractivity contribution in [2.45, 2.75) is 37.6 Å². The normalized spacial score (nSPS) is 23.4. The third-order valence-electron chi connectivity index (χ3n) is 4.40. The summed E-state index contributed by atoms with van der Waals surface area (Å²) in [4.78, 5) is 11.1. The highest BCUT2D eigenvalue weighted by molar-refractivity contribution is 5.35. The highest BCUT2D eigenvalue weighted by Crippen LogP contribution is 2.32. The fraction of sp³-hybridized carbons (Fsp3) is 0.733. The van der Waals surface area contributed by atoms with Crippen LogP contribution in [0.3, 0.4) is 0 Å². The van der Waals surface area contributed by atoms with Gasteiger partial charge >= 0.3 is 0 Å². The van der Waals surface area contributed by atoms with Crippen molar-refractivity contribution >= 4 is 5.82 Å². The van der Waals surface area contributed by atoms with Crippen molar-refractivity contribution in [2.24, 2.45) is 0 Å². The van der Waals surface area contributed by atoms with Gasteiger partial charge in [0.15, 0.2) is 0 Å². The Morgan fingerprint density at radius 2 is 1.95 bits per heavy atom. The maximum absolute atomic E-state index is 5.46. The molecular weight excluding hydrogens is 252 g/mol. The van der Waals surface area contributed by atoms with Crippen molar-refractivity contribution in [3.05, 3.63) is 18.6 Å². The van der Waals surface area contributed by atoms with Crippen LogP contribution < -0.4 is 5.32 Å². The summed E-state index contributed by atoms with van der Waals surface area (Å²) >= 11 is 0. The first-order valence-electron chi connectivity index (χ1n) is 7.71. The lowest BCUT2D eigenvalue weighted by Crippen LogP contribution is -2.52. The number of ether oxygens (including phenoxy) is 1. The van der Waals surface area contributed by atoms with Crippen LogP contribution in [0.1, 0.15) is 32.1 Å². The number of morpholine rings is 1. The van der Waals surface area contributed by atoms with E-state index in [1.165, 1.54) is 32.1 Å². The van der Waals surface area contributed by atoms with Crippen LogP contribution in [-0.4, -0.2) is 53.3 Å². The second-order valence-electron chi connectivity index (χ2n) is 5.95. The van der Waals surface area contributed by atoms with E-state index in [1.54, 1.807) is 12.4 Å². The summed E-state index contributed by atoms with van der Waals surface area (Å²) in [6.45, 7) is 4.91. The zero-order chi connectivity index (χ0) is 13.7. The SMILES string of the molecule is c1cnc(NC2(CN3CCOCC3)CCCCC2)cn1. The summed E-state index contributed by atoms with van der Waals surface area (Å²) in [6.07, 6.45) is 11.7. The summed E-state index contributed by atoms with van der Waals surface area (Å²) in [5.41, 5.74) is 0.158. The topological polar surface area (TPSA) is 50.3 Å². The zero-order valence-electron chi connectivity index (χ0n) is 12.1. The lowest BCUT2D eigenvalue weighted by molar-refractivity contribution is 0.0259. The first-order valence-corrected chi connectivity index (χ1v) is 7.71. The maximum Gasteiger partial charge on any atom is 0.144 e. The average molecular weight is 276 g/mol. The van der Waals surface area contributed by atoms with E-state index in [2.05, 4.69) is 20.2 Å². The molecule has 0 aromatic carbocycles. The molecule has 5 nitrogen and oxygen atoms in total. The van der Waals surface area contributed by atoms with Gasteiger partial charge in [0.1, 0.15) is 5.82 Å². The Bertz CT molecular complexity index is 400. The van der Waals surface area contributed by atoms with Gasteiger partial charge in [-0.1, -0.05) is 19.3 Å². The van der Waals surface area contributed by atoms with Crippen molar-refractivity contribution in [1.29, 1.82) is 0 Å². The number of anilines is 1. The highest BCUT2D eigenvalue weighted by Gasteiger charge is 2.34. The summed E-state index contributed by atoms with van der Waals surface area (Å²) in [6, 6.07) is 0. The van der Waals surface area contributed by atoms with Crippen molar-refractivity contribution in [3.8, 4) is 0 Å². The fourth-order valence-electron chi connectivity index (χ4n) is 3.37. The molecule has 0 atom stereocenters. The molecule has 20 heavy (non-hydrogen) atoms. The van der Waals surface area contributed by atoms with E-state index in [-0.39, 0.29) is 5.54 Å². The smallest absolute Gasteiger partial charge is 0.144 e. The lowest BCUT2D eigenvalue weighted by atomic mass is 9.81. The molecule has 1 aromatic rings. The van der Waals surface area contributed by atoms with Crippen molar-refractivity contribution in [3.63, 3.8) is 0 Å². The Balaban J connectivity index is 1.70. The molecule has 0 bridgehead atoms. The van der Waals surface area contributed by atoms with Gasteiger partial charge in [0.2, 0.25) is 0 Å². The van der Waals surface area contributed by atoms with E-state index < -0.39 is 0 Å². The van der Waals surface area contributed by atoms with E-state index in [4.69, 9.17) is 4.74 Å². The van der Waals surface area contributed by atoms with Crippen LogP contribution in [0.2, 0.25) is 0 Å². The third-order valence-corrected chi connectivity index (χ3v) is 4.40. The van der Waals surface area contributed by atoms with Crippen LogP contribution in [0.5, 0.6) is 0 Å². The molecule has 1 aliphatic carbocycles. The second-order valence-corrected chi connectivity index (χ2v) is 5.95. The first kappa shape index (κ1) is 13.8. The van der Waals surface area contributed by atoms with Gasteiger partial charge in [-0.3, -0.25) is 9.88 Å². The molecule has 1 aromatic heterocycles. The van der Waals surface area contributed by atoms with E-state index in [0.717, 1.165) is 38.7 Å². The van der Waals surface area contributed by atoms with Crippen LogP contribution in [0.15, 0.2) is 18.6 Å². The van der Waals surface area contributed by atoms with Gasteiger partial charge in [-0.2, -0.15) is 0 Å². The predicted molar refractivity (Wildman–Crippen MR) is 78.7 cm³/mol. The predicted octanol–water partition coefficient (Wildman–Crippen LogP) is 1.92. The molecule has 3 rings (SSSR count). The number of hydrogen-bond acceptors (Lipinski definition) is 5. The van der Waals surface area contributed by atoms with E-state index in [9.17, 15) is 0 Å². The van der Waals surface area contributed by atoms with Gasteiger partial charge < -0.3 is 10.1 Å². The van der Waals surface area contributed by atoms with E-state index in [1.807, 2.05) is 6.20 Å². The molecule has 1 saturated carbocycles. The Morgan fingerprint density at radius 1 is 1.15 bits per heavy atom. The molecule has 0 spiro atoms. The van der Waals surface area contributed by atoms with Gasteiger partial charge in [0, 0.05) is 32.0 Å². The van der Waals surface area contributed by atoms with Gasteiger partial charge in [-0.05, 0) is 12.8 Å². The summed E-state index contributed by atoms with van der Waals surface area (Å²) in [7, 11) is 0. The largest absolute Gasteiger partial charge is 0.379 e. The van der Waals surface area contributed by atoms with Crippen LogP contribution in [0, 0.1) is 0 Å². The maximum atomic E-state index is 5.46. The summed E-state index contributed by atoms with van der Waals surface area (Å²) in [5, 5.41) is 3.69. The number of rotatable bonds is 4. The van der Waals surface area contributed by atoms with Crippen molar-refractivity contribution < 1.29 is 4.74 Å². The lowest BCUT2D eigenvalue weighted by Gasteiger charge is -2.43. The molecule has 110 valence electrons. The van der Waals surface area contributed by atoms with Gasteiger partial charge in [0.25, 0.3) is 0 Å². The number of nitrogens with zero attached hydrogens (tertiary/aromatic N) is 3. The molecule has 1 N–H and O–H groups in total. The Hall–Kier alpha value is -1.20. The molecule has 0 radical (unpaired) electrons. The molecule has 5 heteroatoms. The Labute approximate surface area is 120 Å². The van der Waals surface area contributed by atoms with Gasteiger partial charge in [0.05, 0.1) is 24.9 Å². The third kappa shape index (κ3) is 3.46. The molecule has 2 aliphatic rings. The van der Waals surface area contributed by atoms with E-state index in [0.29, 0.717) is 0 Å². The molecule has 2 fully saturated rings. The Kier molecular flexibility index (Phi) is 4.47. The summed E-state index contributed by atoms with van der Waals surface area (Å²) in [5.74, 6) is 0.905. The molecule has 0 amide bonds. The first-order chi connectivity index (χ1) is 9.86. The minimum atomic E-state index is 0.158. The monoisotopic (exact) mass is 276 g/mol. The van der Waals surface area contributed by atoms with E-state index >= 15 is 0 Å². The molecule has 1 saturated heterocycles. The molecule has 0 unspecified atom stereocenters. The molecular formula is C15H24N4O. The minimum absolute atomic E-state index is 0.158. The Morgan fingerprint density at radius 3 is 2.65 bits per heavy atom. The van der Waals surface area contributed by atoms with Crippen LogP contribution in [0.25, 0.3) is 0 Å². The van der Waals surface area contributed by atoms with Crippen LogP contribution in [0.4, 0.5) is 5.82 Å². The molecule has 1 aliphatic heterocycles. The minimum Gasteiger partial charge on any atom is -0.379 e.